The fourth-order valence-corrected chi connectivity index (χ4v) is 4.38. The van der Waals surface area contributed by atoms with Gasteiger partial charge in [-0.15, -0.1) is 0 Å². The van der Waals surface area contributed by atoms with Gasteiger partial charge in [-0.05, 0) is 43.6 Å². The first-order chi connectivity index (χ1) is 10.1. The molecule has 2 saturated carbocycles. The lowest BCUT2D eigenvalue weighted by Gasteiger charge is -2.42. The Labute approximate surface area is 129 Å². The van der Waals surface area contributed by atoms with Crippen LogP contribution in [0.1, 0.15) is 76.9 Å². The van der Waals surface area contributed by atoms with Crippen molar-refractivity contribution in [3.8, 4) is 0 Å². The third-order valence-electron chi connectivity index (χ3n) is 5.93. The molecule has 0 amide bonds. The van der Waals surface area contributed by atoms with E-state index in [-0.39, 0.29) is 5.54 Å². The first-order valence-electron chi connectivity index (χ1n) is 8.90. The quantitative estimate of drug-likeness (QED) is 0.911. The molecule has 3 unspecified atom stereocenters. The van der Waals surface area contributed by atoms with E-state index in [4.69, 9.17) is 10.8 Å². The molecular weight excluding hydrogens is 258 g/mol. The van der Waals surface area contributed by atoms with Crippen molar-refractivity contribution >= 4 is 0 Å². The molecule has 0 aliphatic heterocycles. The molecule has 2 N–H and O–H groups in total. The number of nitrogens with zero attached hydrogens (tertiary/aromatic N) is 2. The van der Waals surface area contributed by atoms with Crippen LogP contribution in [0.15, 0.2) is 12.3 Å². The summed E-state index contributed by atoms with van der Waals surface area (Å²) >= 11 is 0. The van der Waals surface area contributed by atoms with Gasteiger partial charge in [0.25, 0.3) is 0 Å². The smallest absolute Gasteiger partial charge is 0.0643 e. The largest absolute Gasteiger partial charge is 0.324 e. The highest BCUT2D eigenvalue weighted by Gasteiger charge is 2.37. The summed E-state index contributed by atoms with van der Waals surface area (Å²) in [7, 11) is 0. The predicted molar refractivity (Wildman–Crippen MR) is 87.2 cm³/mol. The molecule has 2 aliphatic carbocycles. The molecule has 1 aromatic heterocycles. The highest BCUT2D eigenvalue weighted by atomic mass is 15.3. The Morgan fingerprint density at radius 2 is 1.95 bits per heavy atom. The molecule has 3 atom stereocenters. The highest BCUT2D eigenvalue weighted by Crippen LogP contribution is 2.37. The van der Waals surface area contributed by atoms with E-state index in [9.17, 15) is 0 Å². The molecule has 0 radical (unpaired) electrons. The fraction of sp³-hybridized carbons (Fsp3) is 0.833. The van der Waals surface area contributed by atoms with Crippen LogP contribution in [0.3, 0.4) is 0 Å². The molecule has 1 heterocycles. The second kappa shape index (κ2) is 6.12. The van der Waals surface area contributed by atoms with E-state index in [1.165, 1.54) is 50.6 Å². The van der Waals surface area contributed by atoms with Crippen LogP contribution in [-0.2, 0) is 6.42 Å². The standard InChI is InChI=1S/C18H31N3/c1-14-8-9-15(2)18(19,12-14)13-16-10-11-21(20-16)17-6-4-3-5-7-17/h10-11,14-15,17H,3-9,12-13,19H2,1-2H3. The maximum absolute atomic E-state index is 6.76. The highest BCUT2D eigenvalue weighted by molar-refractivity contribution is 5.09. The third kappa shape index (κ3) is 3.33. The summed E-state index contributed by atoms with van der Waals surface area (Å²) < 4.78 is 2.22. The molecule has 3 heteroatoms. The lowest BCUT2D eigenvalue weighted by molar-refractivity contribution is 0.159. The van der Waals surface area contributed by atoms with Crippen LogP contribution in [0.25, 0.3) is 0 Å². The second-order valence-electron chi connectivity index (χ2n) is 7.78. The van der Waals surface area contributed by atoms with E-state index >= 15 is 0 Å². The summed E-state index contributed by atoms with van der Waals surface area (Å²) in [5.74, 6) is 1.36. The van der Waals surface area contributed by atoms with Gasteiger partial charge in [-0.25, -0.2) is 0 Å². The fourth-order valence-electron chi connectivity index (χ4n) is 4.38. The van der Waals surface area contributed by atoms with Gasteiger partial charge in [0.05, 0.1) is 11.7 Å². The SMILES string of the molecule is CC1CCC(C)C(N)(Cc2ccn(C3CCCCC3)n2)C1. The summed E-state index contributed by atoms with van der Waals surface area (Å²) in [6.07, 6.45) is 13.6. The van der Waals surface area contributed by atoms with Crippen molar-refractivity contribution in [3.05, 3.63) is 18.0 Å². The Balaban J connectivity index is 1.68. The van der Waals surface area contributed by atoms with Gasteiger partial charge >= 0.3 is 0 Å². The molecule has 2 aliphatic rings. The summed E-state index contributed by atoms with van der Waals surface area (Å²) in [5.41, 5.74) is 7.91. The zero-order valence-electron chi connectivity index (χ0n) is 13.7. The Kier molecular flexibility index (Phi) is 4.39. The van der Waals surface area contributed by atoms with Gasteiger partial charge in [-0.3, -0.25) is 4.68 Å². The van der Waals surface area contributed by atoms with Gasteiger partial charge in [-0.1, -0.05) is 39.5 Å². The van der Waals surface area contributed by atoms with Crippen LogP contribution in [0.4, 0.5) is 0 Å². The molecule has 0 saturated heterocycles. The van der Waals surface area contributed by atoms with Crippen LogP contribution in [-0.4, -0.2) is 15.3 Å². The number of rotatable bonds is 3. The van der Waals surface area contributed by atoms with Gasteiger partial charge in [-0.2, -0.15) is 5.10 Å². The van der Waals surface area contributed by atoms with Gasteiger partial charge in [0.2, 0.25) is 0 Å². The zero-order chi connectivity index (χ0) is 14.9. The van der Waals surface area contributed by atoms with E-state index in [1.54, 1.807) is 0 Å². The molecule has 1 aromatic rings. The minimum Gasteiger partial charge on any atom is -0.324 e. The third-order valence-corrected chi connectivity index (χ3v) is 5.93. The van der Waals surface area contributed by atoms with E-state index in [2.05, 4.69) is 30.8 Å². The average molecular weight is 289 g/mol. The summed E-state index contributed by atoms with van der Waals surface area (Å²) in [4.78, 5) is 0. The monoisotopic (exact) mass is 289 g/mol. The van der Waals surface area contributed by atoms with Crippen LogP contribution in [0, 0.1) is 11.8 Å². The molecule has 0 aromatic carbocycles. The Morgan fingerprint density at radius 3 is 2.71 bits per heavy atom. The first-order valence-corrected chi connectivity index (χ1v) is 8.90. The lowest BCUT2D eigenvalue weighted by atomic mass is 9.68. The van der Waals surface area contributed by atoms with E-state index in [0.717, 1.165) is 18.8 Å². The van der Waals surface area contributed by atoms with Crippen LogP contribution in [0.2, 0.25) is 0 Å². The topological polar surface area (TPSA) is 43.8 Å². The second-order valence-corrected chi connectivity index (χ2v) is 7.78. The maximum atomic E-state index is 6.76. The van der Waals surface area contributed by atoms with E-state index in [0.29, 0.717) is 12.0 Å². The molecular formula is C18H31N3. The average Bonchev–Trinajstić information content (AvgIpc) is 2.92. The van der Waals surface area contributed by atoms with Gasteiger partial charge in [0.15, 0.2) is 0 Å². The van der Waals surface area contributed by atoms with Gasteiger partial charge < -0.3 is 5.73 Å². The minimum atomic E-state index is -0.0522. The number of hydrogen-bond acceptors (Lipinski definition) is 2. The van der Waals surface area contributed by atoms with Crippen molar-refractivity contribution in [1.29, 1.82) is 0 Å². The van der Waals surface area contributed by atoms with Crippen molar-refractivity contribution in [2.24, 2.45) is 17.6 Å². The summed E-state index contributed by atoms with van der Waals surface area (Å²) in [5, 5.41) is 4.87. The van der Waals surface area contributed by atoms with Crippen molar-refractivity contribution in [2.75, 3.05) is 0 Å². The number of hydrogen-bond donors (Lipinski definition) is 1. The maximum Gasteiger partial charge on any atom is 0.0643 e. The van der Waals surface area contributed by atoms with Crippen LogP contribution < -0.4 is 5.73 Å². The van der Waals surface area contributed by atoms with E-state index in [1.807, 2.05) is 0 Å². The number of aromatic nitrogens is 2. The lowest BCUT2D eigenvalue weighted by Crippen LogP contribution is -2.51. The van der Waals surface area contributed by atoms with Crippen molar-refractivity contribution in [3.63, 3.8) is 0 Å². The van der Waals surface area contributed by atoms with Crippen molar-refractivity contribution < 1.29 is 0 Å². The predicted octanol–water partition coefficient (Wildman–Crippen LogP) is 4.08. The summed E-state index contributed by atoms with van der Waals surface area (Å²) in [6, 6.07) is 2.83. The zero-order valence-corrected chi connectivity index (χ0v) is 13.7. The number of nitrogens with two attached hydrogens (primary N) is 1. The molecule has 3 rings (SSSR count). The Bertz CT molecular complexity index is 461. The Hall–Kier alpha value is -0.830. The molecule has 0 spiro atoms. The minimum absolute atomic E-state index is 0.0522. The Morgan fingerprint density at radius 1 is 1.19 bits per heavy atom. The van der Waals surface area contributed by atoms with Gasteiger partial charge in [0.1, 0.15) is 0 Å². The van der Waals surface area contributed by atoms with Crippen molar-refractivity contribution in [2.45, 2.75) is 83.2 Å². The molecule has 0 bridgehead atoms. The molecule has 118 valence electrons. The molecule has 3 nitrogen and oxygen atoms in total. The van der Waals surface area contributed by atoms with Gasteiger partial charge in [0, 0.05) is 18.2 Å². The van der Waals surface area contributed by atoms with Crippen molar-refractivity contribution in [1.82, 2.24) is 9.78 Å². The summed E-state index contributed by atoms with van der Waals surface area (Å²) in [6.45, 7) is 4.66. The van der Waals surface area contributed by atoms with Crippen LogP contribution in [0.5, 0.6) is 0 Å². The molecule has 2 fully saturated rings. The first kappa shape index (κ1) is 15.1. The van der Waals surface area contributed by atoms with E-state index < -0.39 is 0 Å². The normalized spacial score (nSPS) is 35.0. The van der Waals surface area contributed by atoms with Crippen LogP contribution >= 0.6 is 0 Å². The molecule has 21 heavy (non-hydrogen) atoms.